The molecule has 0 saturated carbocycles. The predicted octanol–water partition coefficient (Wildman–Crippen LogP) is 1.29. The lowest BCUT2D eigenvalue weighted by Crippen LogP contribution is -2.42. The molecule has 0 aliphatic carbocycles. The molecule has 0 bridgehead atoms. The van der Waals surface area contributed by atoms with Crippen LogP contribution in [0.5, 0.6) is 0 Å². The molecule has 8 nitrogen and oxygen atoms in total. The van der Waals surface area contributed by atoms with Gasteiger partial charge in [0.05, 0.1) is 11.9 Å². The highest BCUT2D eigenvalue weighted by atomic mass is 32.2. The molecule has 0 spiro atoms. The van der Waals surface area contributed by atoms with Crippen molar-refractivity contribution in [1.82, 2.24) is 20.3 Å². The molecule has 2 rings (SSSR count). The number of sulfonamides is 1. The molecule has 170 valence electrons. The van der Waals surface area contributed by atoms with Crippen molar-refractivity contribution in [1.29, 1.82) is 0 Å². The van der Waals surface area contributed by atoms with Gasteiger partial charge in [-0.05, 0) is 58.9 Å². The molecule has 29 heavy (non-hydrogen) atoms. The third-order valence-corrected chi connectivity index (χ3v) is 6.97. The van der Waals surface area contributed by atoms with E-state index >= 15 is 0 Å². The first kappa shape index (κ1) is 24.4. The Morgan fingerprint density at radius 2 is 2.00 bits per heavy atom. The first-order valence-corrected chi connectivity index (χ1v) is 13.0. The number of nitrogens with zero attached hydrogens (tertiary/aromatic N) is 2. The van der Waals surface area contributed by atoms with Crippen molar-refractivity contribution in [3.63, 3.8) is 0 Å². The fraction of sp³-hybridized carbons (Fsp3) is 0.950. The normalized spacial score (nSPS) is 24.4. The van der Waals surface area contributed by atoms with Gasteiger partial charge in [0.15, 0.2) is 5.96 Å². The SMILES string of the molecule is CCNC(=NCCCN1CCCCC1C)NCCS(=O)(=O)NCC1CCCCO1. The lowest BCUT2D eigenvalue weighted by Gasteiger charge is -2.33. The van der Waals surface area contributed by atoms with Gasteiger partial charge >= 0.3 is 0 Å². The van der Waals surface area contributed by atoms with Gasteiger partial charge in [0.1, 0.15) is 0 Å². The van der Waals surface area contributed by atoms with Gasteiger partial charge in [0.25, 0.3) is 0 Å². The second kappa shape index (κ2) is 13.4. The van der Waals surface area contributed by atoms with E-state index in [0.717, 1.165) is 51.9 Å². The van der Waals surface area contributed by atoms with Gasteiger partial charge < -0.3 is 20.3 Å². The zero-order valence-corrected chi connectivity index (χ0v) is 19.1. The van der Waals surface area contributed by atoms with E-state index in [4.69, 9.17) is 4.74 Å². The number of likely N-dealkylation sites (tertiary alicyclic amines) is 1. The maximum Gasteiger partial charge on any atom is 0.213 e. The molecule has 2 heterocycles. The molecular weight excluding hydrogens is 390 g/mol. The van der Waals surface area contributed by atoms with Crippen LogP contribution >= 0.6 is 0 Å². The van der Waals surface area contributed by atoms with Crippen LogP contribution in [0.4, 0.5) is 0 Å². The molecule has 3 N–H and O–H groups in total. The molecular formula is C20H41N5O3S. The summed E-state index contributed by atoms with van der Waals surface area (Å²) in [5, 5.41) is 6.33. The van der Waals surface area contributed by atoms with Crippen LogP contribution < -0.4 is 15.4 Å². The number of hydrogen-bond donors (Lipinski definition) is 3. The topological polar surface area (TPSA) is 95.1 Å². The van der Waals surface area contributed by atoms with E-state index in [9.17, 15) is 8.42 Å². The maximum atomic E-state index is 12.2. The summed E-state index contributed by atoms with van der Waals surface area (Å²) in [7, 11) is -3.32. The quantitative estimate of drug-likeness (QED) is 0.259. The van der Waals surface area contributed by atoms with Crippen LogP contribution in [0.2, 0.25) is 0 Å². The minimum absolute atomic E-state index is 0.00740. The maximum absolute atomic E-state index is 12.2. The van der Waals surface area contributed by atoms with Crippen molar-refractivity contribution in [3.8, 4) is 0 Å². The zero-order valence-electron chi connectivity index (χ0n) is 18.3. The van der Waals surface area contributed by atoms with E-state index in [-0.39, 0.29) is 11.9 Å². The van der Waals surface area contributed by atoms with Crippen LogP contribution in [0.3, 0.4) is 0 Å². The summed E-state index contributed by atoms with van der Waals surface area (Å²) in [4.78, 5) is 7.14. The Hall–Kier alpha value is -0.900. The third kappa shape index (κ3) is 10.1. The predicted molar refractivity (Wildman–Crippen MR) is 119 cm³/mol. The summed E-state index contributed by atoms with van der Waals surface area (Å²) in [5.74, 6) is 0.708. The highest BCUT2D eigenvalue weighted by molar-refractivity contribution is 7.89. The van der Waals surface area contributed by atoms with E-state index < -0.39 is 10.0 Å². The van der Waals surface area contributed by atoms with Crippen molar-refractivity contribution < 1.29 is 13.2 Å². The molecule has 2 unspecified atom stereocenters. The van der Waals surface area contributed by atoms with Gasteiger partial charge in [-0.25, -0.2) is 13.1 Å². The van der Waals surface area contributed by atoms with Gasteiger partial charge in [-0.1, -0.05) is 6.42 Å². The standard InChI is InChI=1S/C20H41N5O3S/c1-3-21-20(22-11-8-14-25-13-6-4-9-18(25)2)23-12-16-29(26,27)24-17-19-10-5-7-15-28-19/h18-19,24H,3-17H2,1-2H3,(H2,21,22,23). The molecule has 2 fully saturated rings. The Labute approximate surface area is 177 Å². The van der Waals surface area contributed by atoms with Gasteiger partial charge in [0, 0.05) is 45.4 Å². The summed E-state index contributed by atoms with van der Waals surface area (Å²) in [5.41, 5.74) is 0. The molecule has 0 aromatic rings. The average Bonchev–Trinajstić information content (AvgIpc) is 2.71. The van der Waals surface area contributed by atoms with Crippen LogP contribution in [0, 0.1) is 0 Å². The van der Waals surface area contributed by atoms with Crippen LogP contribution in [-0.2, 0) is 14.8 Å². The van der Waals surface area contributed by atoms with Crippen molar-refractivity contribution >= 4 is 16.0 Å². The smallest absolute Gasteiger partial charge is 0.213 e. The van der Waals surface area contributed by atoms with Crippen LogP contribution in [0.1, 0.15) is 58.8 Å². The molecule has 9 heteroatoms. The number of aliphatic imine (C=N–C) groups is 1. The Bertz CT molecular complexity index is 579. The Kier molecular flexibility index (Phi) is 11.3. The van der Waals surface area contributed by atoms with E-state index in [0.29, 0.717) is 25.1 Å². The summed E-state index contributed by atoms with van der Waals surface area (Å²) in [6.45, 7) is 9.50. The average molecular weight is 432 g/mol. The fourth-order valence-corrected chi connectivity index (χ4v) is 4.82. The van der Waals surface area contributed by atoms with Crippen LogP contribution in [-0.4, -0.2) is 83.1 Å². The number of nitrogens with one attached hydrogen (secondary N) is 3. The summed E-state index contributed by atoms with van der Waals surface area (Å²) in [6.07, 6.45) is 8.06. The van der Waals surface area contributed by atoms with Crippen molar-refractivity contribution in [2.75, 3.05) is 51.6 Å². The number of ether oxygens (including phenoxy) is 1. The van der Waals surface area contributed by atoms with E-state index in [1.807, 2.05) is 6.92 Å². The third-order valence-electron chi connectivity index (χ3n) is 5.63. The minimum Gasteiger partial charge on any atom is -0.377 e. The molecule has 2 atom stereocenters. The molecule has 2 aliphatic rings. The summed E-state index contributed by atoms with van der Waals surface area (Å²) >= 11 is 0. The van der Waals surface area contributed by atoms with Crippen LogP contribution in [0.25, 0.3) is 0 Å². The molecule has 2 saturated heterocycles. The molecule has 0 amide bonds. The Morgan fingerprint density at radius 1 is 1.17 bits per heavy atom. The highest BCUT2D eigenvalue weighted by Gasteiger charge is 2.18. The number of rotatable bonds is 11. The number of hydrogen-bond acceptors (Lipinski definition) is 5. The molecule has 0 aromatic carbocycles. The lowest BCUT2D eigenvalue weighted by molar-refractivity contribution is 0.0200. The second-order valence-electron chi connectivity index (χ2n) is 8.08. The van der Waals surface area contributed by atoms with Gasteiger partial charge in [-0.2, -0.15) is 0 Å². The molecule has 2 aliphatic heterocycles. The lowest BCUT2D eigenvalue weighted by atomic mass is 10.0. The van der Waals surface area contributed by atoms with Crippen molar-refractivity contribution in [2.45, 2.75) is 70.9 Å². The summed E-state index contributed by atoms with van der Waals surface area (Å²) in [6, 6.07) is 0.677. The minimum atomic E-state index is -3.32. The van der Waals surface area contributed by atoms with Crippen molar-refractivity contribution in [3.05, 3.63) is 0 Å². The van der Waals surface area contributed by atoms with Gasteiger partial charge in [-0.3, -0.25) is 4.99 Å². The van der Waals surface area contributed by atoms with Gasteiger partial charge in [-0.15, -0.1) is 0 Å². The fourth-order valence-electron chi connectivity index (χ4n) is 3.86. The monoisotopic (exact) mass is 431 g/mol. The van der Waals surface area contributed by atoms with Gasteiger partial charge in [0.2, 0.25) is 10.0 Å². The Morgan fingerprint density at radius 3 is 2.72 bits per heavy atom. The second-order valence-corrected chi connectivity index (χ2v) is 10.0. The molecule has 0 aromatic heterocycles. The Balaban J connectivity index is 1.65. The van der Waals surface area contributed by atoms with E-state index in [2.05, 4.69) is 32.2 Å². The molecule has 0 radical (unpaired) electrons. The van der Waals surface area contributed by atoms with E-state index in [1.54, 1.807) is 0 Å². The van der Waals surface area contributed by atoms with E-state index in [1.165, 1.54) is 25.8 Å². The largest absolute Gasteiger partial charge is 0.377 e. The van der Waals surface area contributed by atoms with Crippen molar-refractivity contribution in [2.24, 2.45) is 4.99 Å². The first-order chi connectivity index (χ1) is 14.0. The number of guanidine groups is 1. The highest BCUT2D eigenvalue weighted by Crippen LogP contribution is 2.16. The first-order valence-electron chi connectivity index (χ1n) is 11.4. The van der Waals surface area contributed by atoms with Crippen LogP contribution in [0.15, 0.2) is 4.99 Å². The zero-order chi connectivity index (χ0) is 21.0. The summed E-state index contributed by atoms with van der Waals surface area (Å²) < 4.78 is 32.7. The number of piperidine rings is 1.